The van der Waals surface area contributed by atoms with Crippen LogP contribution in [-0.2, 0) is 6.42 Å². The average Bonchev–Trinajstić information content (AvgIpc) is 2.59. The Morgan fingerprint density at radius 2 is 2.17 bits per heavy atom. The minimum atomic E-state index is -0.325. The molecule has 1 aromatic carbocycles. The van der Waals surface area contributed by atoms with Crippen LogP contribution >= 0.6 is 0 Å². The summed E-state index contributed by atoms with van der Waals surface area (Å²) in [5.41, 5.74) is 1.37. The molecular formula is C21H28O3. The smallest absolute Gasteiger partial charge is 0.236 e. The summed E-state index contributed by atoms with van der Waals surface area (Å²) in [6, 6.07) is 5.38. The molecule has 0 heterocycles. The van der Waals surface area contributed by atoms with Gasteiger partial charge in [0.1, 0.15) is 5.75 Å². The van der Waals surface area contributed by atoms with Crippen LogP contribution in [0.4, 0.5) is 0 Å². The molecule has 0 saturated heterocycles. The third kappa shape index (κ3) is 6.60. The van der Waals surface area contributed by atoms with Gasteiger partial charge in [-0.25, -0.2) is 0 Å². The number of allylic oxidation sites excluding steroid dienone is 1. The van der Waals surface area contributed by atoms with Crippen molar-refractivity contribution in [3.8, 4) is 17.6 Å². The number of aliphatic hydroxyl groups excluding tert-OH is 1. The van der Waals surface area contributed by atoms with Gasteiger partial charge in [0.05, 0.1) is 13.2 Å². The number of aliphatic hydroxyl groups is 1. The molecule has 130 valence electrons. The van der Waals surface area contributed by atoms with Gasteiger partial charge >= 0.3 is 0 Å². The fourth-order valence-corrected chi connectivity index (χ4v) is 2.55. The van der Waals surface area contributed by atoms with Crippen LogP contribution in [0.5, 0.6) is 5.75 Å². The number of carbonyl (C=O) groups is 1. The van der Waals surface area contributed by atoms with Crippen LogP contribution in [-0.4, -0.2) is 24.1 Å². The summed E-state index contributed by atoms with van der Waals surface area (Å²) in [5, 5.41) is 9.86. The van der Waals surface area contributed by atoms with Crippen molar-refractivity contribution in [3.05, 3.63) is 42.0 Å². The lowest BCUT2D eigenvalue weighted by Crippen LogP contribution is -2.06. The highest BCUT2D eigenvalue weighted by Gasteiger charge is 2.12. The number of Topliss-reactive ketones (excluding diaryl/α,β-unsaturated/α-hetero) is 1. The van der Waals surface area contributed by atoms with E-state index in [4.69, 9.17) is 4.74 Å². The summed E-state index contributed by atoms with van der Waals surface area (Å²) in [5.74, 6) is 6.03. The molecule has 3 nitrogen and oxygen atoms in total. The van der Waals surface area contributed by atoms with Gasteiger partial charge in [-0.3, -0.25) is 4.79 Å². The van der Waals surface area contributed by atoms with Crippen molar-refractivity contribution in [2.75, 3.05) is 7.11 Å². The van der Waals surface area contributed by atoms with E-state index in [1.54, 1.807) is 25.3 Å². The van der Waals surface area contributed by atoms with Crippen LogP contribution in [0.1, 0.15) is 61.4 Å². The normalized spacial score (nSPS) is 11.3. The maximum atomic E-state index is 12.3. The lowest BCUT2D eigenvalue weighted by Gasteiger charge is -2.09. The number of benzene rings is 1. The molecule has 0 spiro atoms. The quantitative estimate of drug-likeness (QED) is 0.229. The Morgan fingerprint density at radius 3 is 2.83 bits per heavy atom. The average molecular weight is 328 g/mol. The third-order valence-electron chi connectivity index (χ3n) is 3.89. The summed E-state index contributed by atoms with van der Waals surface area (Å²) >= 11 is 0. The molecule has 1 atom stereocenters. The summed E-state index contributed by atoms with van der Waals surface area (Å²) in [6.07, 6.45) is 7.26. The van der Waals surface area contributed by atoms with E-state index in [0.717, 1.165) is 31.2 Å². The van der Waals surface area contributed by atoms with Crippen LogP contribution in [0.3, 0.4) is 0 Å². The summed E-state index contributed by atoms with van der Waals surface area (Å²) < 4.78 is 5.31. The second-order valence-electron chi connectivity index (χ2n) is 5.80. The Morgan fingerprint density at radius 1 is 1.38 bits per heavy atom. The van der Waals surface area contributed by atoms with Gasteiger partial charge in [-0.2, -0.15) is 0 Å². The van der Waals surface area contributed by atoms with Crippen LogP contribution in [0.15, 0.2) is 30.9 Å². The Hall–Kier alpha value is -2.05. The van der Waals surface area contributed by atoms with Crippen LogP contribution in [0.2, 0.25) is 0 Å². The van der Waals surface area contributed by atoms with Gasteiger partial charge in [0.15, 0.2) is 0 Å². The van der Waals surface area contributed by atoms with E-state index < -0.39 is 0 Å². The molecule has 24 heavy (non-hydrogen) atoms. The highest BCUT2D eigenvalue weighted by molar-refractivity contribution is 6.10. The topological polar surface area (TPSA) is 46.5 Å². The zero-order chi connectivity index (χ0) is 17.8. The summed E-state index contributed by atoms with van der Waals surface area (Å²) in [7, 11) is 1.59. The number of carbonyl (C=O) groups excluding carboxylic acids is 1. The van der Waals surface area contributed by atoms with E-state index in [2.05, 4.69) is 25.3 Å². The van der Waals surface area contributed by atoms with Crippen molar-refractivity contribution < 1.29 is 14.6 Å². The molecule has 1 aromatic rings. The van der Waals surface area contributed by atoms with E-state index >= 15 is 0 Å². The van der Waals surface area contributed by atoms with E-state index in [1.807, 2.05) is 6.07 Å². The van der Waals surface area contributed by atoms with Crippen LogP contribution in [0, 0.1) is 11.8 Å². The Bertz CT molecular complexity index is 593. The molecule has 0 aliphatic rings. The molecule has 0 bridgehead atoms. The van der Waals surface area contributed by atoms with Crippen molar-refractivity contribution >= 4 is 5.78 Å². The van der Waals surface area contributed by atoms with E-state index in [-0.39, 0.29) is 11.9 Å². The van der Waals surface area contributed by atoms with Gasteiger partial charge in [0, 0.05) is 17.5 Å². The Labute approximate surface area is 145 Å². The molecule has 0 amide bonds. The first-order valence-electron chi connectivity index (χ1n) is 8.62. The molecule has 0 aliphatic heterocycles. The second-order valence-corrected chi connectivity index (χ2v) is 5.80. The fraction of sp³-hybridized carbons (Fsp3) is 0.476. The van der Waals surface area contributed by atoms with E-state index in [1.165, 1.54) is 0 Å². The van der Waals surface area contributed by atoms with Crippen molar-refractivity contribution in [1.29, 1.82) is 0 Å². The second kappa shape index (κ2) is 11.5. The summed E-state index contributed by atoms with van der Waals surface area (Å²) in [4.78, 5) is 12.3. The molecule has 0 aliphatic carbocycles. The van der Waals surface area contributed by atoms with Gasteiger partial charge in [0.2, 0.25) is 5.78 Å². The SMILES string of the molecule is C=CCc1c(OC)cccc1C(=O)C#CCC[C@@H](O)CCCCC. The number of ketones is 1. The predicted molar refractivity (Wildman–Crippen MR) is 98.4 cm³/mol. The Kier molecular flexibility index (Phi) is 9.56. The predicted octanol–water partition coefficient (Wildman–Crippen LogP) is 4.33. The fourth-order valence-electron chi connectivity index (χ4n) is 2.55. The lowest BCUT2D eigenvalue weighted by molar-refractivity contribution is 0.105. The van der Waals surface area contributed by atoms with Crippen molar-refractivity contribution in [1.82, 2.24) is 0 Å². The molecule has 0 saturated carbocycles. The molecule has 0 aromatic heterocycles. The number of rotatable bonds is 10. The maximum Gasteiger partial charge on any atom is 0.236 e. The molecule has 1 rings (SSSR count). The lowest BCUT2D eigenvalue weighted by atomic mass is 9.99. The van der Waals surface area contributed by atoms with Crippen molar-refractivity contribution in [2.24, 2.45) is 0 Å². The van der Waals surface area contributed by atoms with E-state index in [9.17, 15) is 9.90 Å². The highest BCUT2D eigenvalue weighted by atomic mass is 16.5. The zero-order valence-corrected chi connectivity index (χ0v) is 14.8. The van der Waals surface area contributed by atoms with E-state index in [0.29, 0.717) is 30.6 Å². The Balaban J connectivity index is 2.64. The number of methoxy groups -OCH3 is 1. The molecule has 0 fully saturated rings. The van der Waals surface area contributed by atoms with Gasteiger partial charge in [0.25, 0.3) is 0 Å². The minimum absolute atomic E-state index is 0.216. The van der Waals surface area contributed by atoms with Gasteiger partial charge in [-0.15, -0.1) is 6.58 Å². The zero-order valence-electron chi connectivity index (χ0n) is 14.8. The summed E-state index contributed by atoms with van der Waals surface area (Å²) in [6.45, 7) is 5.87. The largest absolute Gasteiger partial charge is 0.496 e. The highest BCUT2D eigenvalue weighted by Crippen LogP contribution is 2.23. The van der Waals surface area contributed by atoms with Gasteiger partial charge in [-0.05, 0) is 37.3 Å². The third-order valence-corrected chi connectivity index (χ3v) is 3.89. The molecule has 0 radical (unpaired) electrons. The maximum absolute atomic E-state index is 12.3. The first-order valence-corrected chi connectivity index (χ1v) is 8.62. The number of unbranched alkanes of at least 4 members (excludes halogenated alkanes) is 2. The number of ether oxygens (including phenoxy) is 1. The minimum Gasteiger partial charge on any atom is -0.496 e. The molecular weight excluding hydrogens is 300 g/mol. The number of hydrogen-bond acceptors (Lipinski definition) is 3. The monoisotopic (exact) mass is 328 g/mol. The van der Waals surface area contributed by atoms with Crippen LogP contribution in [0.25, 0.3) is 0 Å². The van der Waals surface area contributed by atoms with Crippen LogP contribution < -0.4 is 4.74 Å². The van der Waals surface area contributed by atoms with Crippen molar-refractivity contribution in [3.63, 3.8) is 0 Å². The first-order chi connectivity index (χ1) is 11.6. The molecule has 3 heteroatoms. The number of hydrogen-bond donors (Lipinski definition) is 1. The van der Waals surface area contributed by atoms with Gasteiger partial charge < -0.3 is 9.84 Å². The van der Waals surface area contributed by atoms with Gasteiger partial charge in [-0.1, -0.05) is 44.2 Å². The first kappa shape index (κ1) is 20.0. The molecule has 0 unspecified atom stereocenters. The van der Waals surface area contributed by atoms with Crippen molar-refractivity contribution in [2.45, 2.75) is 58.0 Å². The molecule has 1 N–H and O–H groups in total. The standard InChI is InChI=1S/C21H28O3/c1-4-6-7-12-17(22)13-8-9-15-20(23)18-14-10-16-21(24-3)19(18)11-5-2/h5,10,14,16-17,22H,2,4,6-8,11-13H2,1,3H3/t17-/m0/s1.